The molecule has 0 unspecified atom stereocenters. The number of piperidine rings is 3. The van der Waals surface area contributed by atoms with Gasteiger partial charge >= 0.3 is 0 Å². The molecule has 5 nitrogen and oxygen atoms in total. The van der Waals surface area contributed by atoms with E-state index in [1.807, 2.05) is 0 Å². The van der Waals surface area contributed by atoms with Gasteiger partial charge in [-0.3, -0.25) is 14.8 Å². The number of hydrogen-bond acceptors (Lipinski definition) is 3. The van der Waals surface area contributed by atoms with Crippen molar-refractivity contribution in [2.24, 2.45) is 5.92 Å². The summed E-state index contributed by atoms with van der Waals surface area (Å²) in [6.07, 6.45) is 4.10. The van der Waals surface area contributed by atoms with Gasteiger partial charge in [-0.1, -0.05) is 29.8 Å². The molecular weight excluding hydrogens is 312 g/mol. The number of aryl methyl sites for hydroxylation is 1. The van der Waals surface area contributed by atoms with E-state index in [1.165, 1.54) is 37.1 Å². The molecule has 2 aromatic rings. The number of nitrogens with one attached hydrogen (secondary N) is 1. The van der Waals surface area contributed by atoms with Crippen molar-refractivity contribution in [2.45, 2.75) is 37.8 Å². The first-order valence-corrected chi connectivity index (χ1v) is 9.33. The Bertz CT molecular complexity index is 762. The fourth-order valence-electron chi connectivity index (χ4n) is 5.29. The Morgan fingerprint density at radius 3 is 2.56 bits per heavy atom. The van der Waals surface area contributed by atoms with E-state index in [9.17, 15) is 4.79 Å². The fraction of sp³-hybridized carbons (Fsp3) is 0.500. The van der Waals surface area contributed by atoms with E-state index in [0.717, 1.165) is 6.54 Å². The van der Waals surface area contributed by atoms with Crippen LogP contribution in [0.5, 0.6) is 0 Å². The summed E-state index contributed by atoms with van der Waals surface area (Å²) in [7, 11) is 0. The molecule has 6 rings (SSSR count). The molecule has 1 amide bonds. The molecule has 0 aliphatic carbocycles. The summed E-state index contributed by atoms with van der Waals surface area (Å²) in [6, 6.07) is 11.5. The van der Waals surface area contributed by atoms with Crippen molar-refractivity contribution in [3.8, 4) is 0 Å². The third-order valence-electron chi connectivity index (χ3n) is 6.49. The third kappa shape index (κ3) is 2.33. The molecule has 0 saturated carbocycles. The fourth-order valence-corrected chi connectivity index (χ4v) is 5.29. The van der Waals surface area contributed by atoms with Crippen LogP contribution in [0.15, 0.2) is 36.5 Å². The highest BCUT2D eigenvalue weighted by Crippen LogP contribution is 2.46. The molecule has 4 fully saturated rings. The minimum Gasteiger partial charge on any atom is -0.332 e. The van der Waals surface area contributed by atoms with E-state index in [2.05, 4.69) is 51.2 Å². The highest BCUT2D eigenvalue weighted by molar-refractivity contribution is 5.92. The molecule has 130 valence electrons. The number of rotatable bonds is 2. The molecule has 4 aliphatic heterocycles. The molecule has 1 N–H and O–H groups in total. The lowest BCUT2D eigenvalue weighted by molar-refractivity contribution is -0.00358. The van der Waals surface area contributed by atoms with Gasteiger partial charge in [-0.2, -0.15) is 5.10 Å². The largest absolute Gasteiger partial charge is 0.332 e. The van der Waals surface area contributed by atoms with Crippen molar-refractivity contribution >= 4 is 5.91 Å². The van der Waals surface area contributed by atoms with Gasteiger partial charge < -0.3 is 4.90 Å². The summed E-state index contributed by atoms with van der Waals surface area (Å²) in [5, 5.41) is 6.83. The van der Waals surface area contributed by atoms with Crippen molar-refractivity contribution in [3.05, 3.63) is 53.3 Å². The Balaban J connectivity index is 1.53. The van der Waals surface area contributed by atoms with Crippen molar-refractivity contribution < 1.29 is 4.79 Å². The van der Waals surface area contributed by atoms with Gasteiger partial charge in [0.15, 0.2) is 0 Å². The van der Waals surface area contributed by atoms with E-state index in [1.54, 1.807) is 12.3 Å². The number of likely N-dealkylation sites (tertiary alicyclic amines) is 1. The van der Waals surface area contributed by atoms with Crippen LogP contribution in [0, 0.1) is 12.8 Å². The van der Waals surface area contributed by atoms with Gasteiger partial charge in [0.1, 0.15) is 5.69 Å². The Morgan fingerprint density at radius 1 is 1.12 bits per heavy atom. The average molecular weight is 336 g/mol. The standard InChI is InChI=1S/C20H24N4O/c1-13-2-4-14(5-3-13)16-12-24(20(25)17-6-9-21-22-17)18-15-7-10-23(11-8-15)19(16)18/h2-6,9,15-16,18-19H,7-8,10-12H2,1H3,(H,21,22)/t16-,18+,19+/m0/s1. The minimum atomic E-state index is 0.107. The molecule has 0 spiro atoms. The molecule has 1 aromatic carbocycles. The Kier molecular flexibility index (Phi) is 3.45. The molecule has 4 aliphatic rings. The predicted octanol–water partition coefficient (Wildman–Crippen LogP) is 2.42. The maximum atomic E-state index is 13.1. The van der Waals surface area contributed by atoms with Crippen molar-refractivity contribution in [1.82, 2.24) is 20.0 Å². The van der Waals surface area contributed by atoms with Gasteiger partial charge in [0.05, 0.1) is 6.04 Å². The van der Waals surface area contributed by atoms with E-state index < -0.39 is 0 Å². The van der Waals surface area contributed by atoms with Gasteiger partial charge in [0.2, 0.25) is 0 Å². The summed E-state index contributed by atoms with van der Waals surface area (Å²) in [5.41, 5.74) is 3.27. The lowest BCUT2D eigenvalue weighted by atomic mass is 9.75. The van der Waals surface area contributed by atoms with E-state index in [4.69, 9.17) is 0 Å². The first-order valence-electron chi connectivity index (χ1n) is 9.33. The second kappa shape index (κ2) is 5.70. The number of aromatic nitrogens is 2. The predicted molar refractivity (Wildman–Crippen MR) is 95.4 cm³/mol. The van der Waals surface area contributed by atoms with E-state index in [0.29, 0.717) is 29.6 Å². The van der Waals surface area contributed by atoms with Gasteiger partial charge in [0, 0.05) is 24.7 Å². The summed E-state index contributed by atoms with van der Waals surface area (Å²) in [5.74, 6) is 1.15. The summed E-state index contributed by atoms with van der Waals surface area (Å²) in [4.78, 5) is 17.9. The first kappa shape index (κ1) is 15.1. The van der Waals surface area contributed by atoms with Crippen LogP contribution in [-0.4, -0.2) is 57.6 Å². The smallest absolute Gasteiger partial charge is 0.272 e. The van der Waals surface area contributed by atoms with Crippen LogP contribution in [0.3, 0.4) is 0 Å². The molecule has 1 aromatic heterocycles. The average Bonchev–Trinajstić information content (AvgIpc) is 3.32. The Hall–Kier alpha value is -2.14. The molecule has 4 saturated heterocycles. The van der Waals surface area contributed by atoms with Gasteiger partial charge in [-0.25, -0.2) is 0 Å². The zero-order valence-electron chi connectivity index (χ0n) is 14.6. The van der Waals surface area contributed by atoms with E-state index >= 15 is 0 Å². The zero-order valence-corrected chi connectivity index (χ0v) is 14.6. The normalized spacial score (nSPS) is 33.5. The zero-order chi connectivity index (χ0) is 17.0. The van der Waals surface area contributed by atoms with Crippen LogP contribution in [0.1, 0.15) is 40.4 Å². The Labute approximate surface area is 148 Å². The number of H-pyrrole nitrogens is 1. The molecule has 0 radical (unpaired) electrons. The highest BCUT2D eigenvalue weighted by Gasteiger charge is 2.54. The van der Waals surface area contributed by atoms with Crippen molar-refractivity contribution in [1.29, 1.82) is 0 Å². The van der Waals surface area contributed by atoms with Crippen LogP contribution in [0.2, 0.25) is 0 Å². The van der Waals surface area contributed by atoms with Crippen LogP contribution < -0.4 is 0 Å². The molecular formula is C20H24N4O. The summed E-state index contributed by atoms with van der Waals surface area (Å²) < 4.78 is 0. The SMILES string of the molecule is Cc1ccc([C@@H]2CN(C(=O)c3ccn[nH]3)[C@@H]3C4CCN(CC4)[C@@H]32)cc1. The van der Waals surface area contributed by atoms with Gasteiger partial charge in [-0.05, 0) is 50.4 Å². The number of carbonyl (C=O) groups excluding carboxylic acids is 1. The van der Waals surface area contributed by atoms with Crippen LogP contribution in [0.25, 0.3) is 0 Å². The molecule has 25 heavy (non-hydrogen) atoms. The van der Waals surface area contributed by atoms with Crippen LogP contribution in [-0.2, 0) is 0 Å². The van der Waals surface area contributed by atoms with Crippen LogP contribution in [0.4, 0.5) is 0 Å². The number of fused-ring (bicyclic) bond motifs is 2. The highest BCUT2D eigenvalue weighted by atomic mass is 16.2. The summed E-state index contributed by atoms with van der Waals surface area (Å²) in [6.45, 7) is 5.30. The maximum absolute atomic E-state index is 13.1. The monoisotopic (exact) mass is 336 g/mol. The quantitative estimate of drug-likeness (QED) is 0.916. The van der Waals surface area contributed by atoms with Crippen LogP contribution >= 0.6 is 0 Å². The molecule has 2 bridgehead atoms. The third-order valence-corrected chi connectivity index (χ3v) is 6.49. The van der Waals surface area contributed by atoms with Gasteiger partial charge in [0.25, 0.3) is 5.91 Å². The lowest BCUT2D eigenvalue weighted by Crippen LogP contribution is -2.60. The Morgan fingerprint density at radius 2 is 1.88 bits per heavy atom. The summed E-state index contributed by atoms with van der Waals surface area (Å²) >= 11 is 0. The van der Waals surface area contributed by atoms with Crippen molar-refractivity contribution in [3.63, 3.8) is 0 Å². The molecule has 5 heterocycles. The second-order valence-corrected chi connectivity index (χ2v) is 7.80. The number of amides is 1. The van der Waals surface area contributed by atoms with Crippen molar-refractivity contribution in [2.75, 3.05) is 19.6 Å². The topological polar surface area (TPSA) is 52.2 Å². The number of carbonyl (C=O) groups is 1. The number of benzene rings is 1. The second-order valence-electron chi connectivity index (χ2n) is 7.80. The van der Waals surface area contributed by atoms with E-state index in [-0.39, 0.29) is 5.91 Å². The molecule has 3 atom stereocenters. The first-order chi connectivity index (χ1) is 12.2. The number of hydrogen-bond donors (Lipinski definition) is 1. The van der Waals surface area contributed by atoms with Gasteiger partial charge in [-0.15, -0.1) is 0 Å². The maximum Gasteiger partial charge on any atom is 0.272 e. The number of aromatic amines is 1. The molecule has 5 heteroatoms. The lowest BCUT2D eigenvalue weighted by Gasteiger charge is -2.51. The minimum absolute atomic E-state index is 0.107. The number of nitrogens with zero attached hydrogens (tertiary/aromatic N) is 3.